The normalized spacial score (nSPS) is 10.8. The molecule has 4 aromatic rings. The smallest absolute Gasteiger partial charge is 0.344 e. The lowest BCUT2D eigenvalue weighted by atomic mass is 10.0. The van der Waals surface area contributed by atoms with Gasteiger partial charge in [0.25, 0.3) is 5.91 Å². The standard InChI is InChI=1S/C26H19ClN2O4/c27-20-11-13-21(14-12-20)32-17-25(30)29-28-16-18-5-3-8-22(15-18)33-26(31)24-10-4-7-19-6-1-2-9-23(19)24/h1-16H,17H2,(H,29,30)/b28-16-. The predicted octanol–water partition coefficient (Wildman–Crippen LogP) is 5.24. The average Bonchev–Trinajstić information content (AvgIpc) is 2.83. The minimum Gasteiger partial charge on any atom is -0.484 e. The summed E-state index contributed by atoms with van der Waals surface area (Å²) in [5.74, 6) is 0.0294. The zero-order valence-corrected chi connectivity index (χ0v) is 18.2. The minimum absolute atomic E-state index is 0.193. The van der Waals surface area contributed by atoms with Crippen molar-refractivity contribution in [2.75, 3.05) is 6.61 Å². The summed E-state index contributed by atoms with van der Waals surface area (Å²) in [6.07, 6.45) is 1.45. The first-order valence-corrected chi connectivity index (χ1v) is 10.5. The lowest BCUT2D eigenvalue weighted by Gasteiger charge is -2.08. The van der Waals surface area contributed by atoms with E-state index in [4.69, 9.17) is 21.1 Å². The molecule has 4 rings (SSSR count). The summed E-state index contributed by atoms with van der Waals surface area (Å²) < 4.78 is 10.9. The van der Waals surface area contributed by atoms with Crippen LogP contribution in [-0.4, -0.2) is 24.7 Å². The van der Waals surface area contributed by atoms with Crippen molar-refractivity contribution < 1.29 is 19.1 Å². The SMILES string of the molecule is O=C(COc1ccc(Cl)cc1)N/N=C\c1cccc(OC(=O)c2cccc3ccccc23)c1. The second kappa shape index (κ2) is 10.4. The van der Waals surface area contributed by atoms with E-state index in [9.17, 15) is 9.59 Å². The first kappa shape index (κ1) is 22.0. The zero-order valence-electron chi connectivity index (χ0n) is 17.4. The van der Waals surface area contributed by atoms with Crippen LogP contribution in [0.15, 0.2) is 96.1 Å². The number of halogens is 1. The van der Waals surface area contributed by atoms with Crippen LogP contribution in [0.3, 0.4) is 0 Å². The van der Waals surface area contributed by atoms with Crippen molar-refractivity contribution in [2.45, 2.75) is 0 Å². The van der Waals surface area contributed by atoms with E-state index in [-0.39, 0.29) is 6.61 Å². The summed E-state index contributed by atoms with van der Waals surface area (Å²) in [6.45, 7) is -0.193. The number of carbonyl (C=O) groups excluding carboxylic acids is 2. The third-order valence-corrected chi connectivity index (χ3v) is 4.92. The molecule has 0 fully saturated rings. The number of nitrogens with one attached hydrogen (secondary N) is 1. The van der Waals surface area contributed by atoms with E-state index in [1.165, 1.54) is 6.21 Å². The highest BCUT2D eigenvalue weighted by molar-refractivity contribution is 6.30. The Bertz CT molecular complexity index is 1310. The number of fused-ring (bicyclic) bond motifs is 1. The molecule has 6 nitrogen and oxygen atoms in total. The highest BCUT2D eigenvalue weighted by Crippen LogP contribution is 2.21. The van der Waals surface area contributed by atoms with Gasteiger partial charge in [0.2, 0.25) is 0 Å². The number of amides is 1. The number of benzene rings is 4. The molecule has 0 aliphatic heterocycles. The fourth-order valence-electron chi connectivity index (χ4n) is 3.11. The quantitative estimate of drug-likeness (QED) is 0.178. The number of hydrazone groups is 1. The van der Waals surface area contributed by atoms with E-state index in [1.807, 2.05) is 36.4 Å². The molecule has 0 atom stereocenters. The Kier molecular flexibility index (Phi) is 6.97. The molecule has 0 saturated carbocycles. The second-order valence-electron chi connectivity index (χ2n) is 7.02. The van der Waals surface area contributed by atoms with Crippen molar-refractivity contribution >= 4 is 40.5 Å². The number of esters is 1. The van der Waals surface area contributed by atoms with Crippen molar-refractivity contribution in [3.63, 3.8) is 0 Å². The monoisotopic (exact) mass is 458 g/mol. The molecule has 0 bridgehead atoms. The molecule has 0 radical (unpaired) electrons. The number of carbonyl (C=O) groups is 2. The first-order chi connectivity index (χ1) is 16.1. The highest BCUT2D eigenvalue weighted by Gasteiger charge is 2.12. The number of hydrogen-bond donors (Lipinski definition) is 1. The molecule has 0 saturated heterocycles. The van der Waals surface area contributed by atoms with Crippen LogP contribution < -0.4 is 14.9 Å². The molecule has 0 aliphatic carbocycles. The fourth-order valence-corrected chi connectivity index (χ4v) is 3.24. The maximum absolute atomic E-state index is 12.7. The molecule has 7 heteroatoms. The number of rotatable bonds is 7. The maximum atomic E-state index is 12.7. The van der Waals surface area contributed by atoms with Gasteiger partial charge in [-0.1, -0.05) is 60.1 Å². The zero-order chi connectivity index (χ0) is 23.0. The molecule has 0 unspecified atom stereocenters. The largest absolute Gasteiger partial charge is 0.484 e. The molecule has 0 aliphatic rings. The van der Waals surface area contributed by atoms with Gasteiger partial charge in [-0.3, -0.25) is 4.79 Å². The second-order valence-corrected chi connectivity index (χ2v) is 7.46. The molecule has 4 aromatic carbocycles. The summed E-state index contributed by atoms with van der Waals surface area (Å²) in [7, 11) is 0. The van der Waals surface area contributed by atoms with E-state index in [1.54, 1.807) is 54.6 Å². The average molecular weight is 459 g/mol. The van der Waals surface area contributed by atoms with Gasteiger partial charge in [0, 0.05) is 5.02 Å². The van der Waals surface area contributed by atoms with Crippen molar-refractivity contribution in [1.29, 1.82) is 0 Å². The number of hydrogen-bond acceptors (Lipinski definition) is 5. The van der Waals surface area contributed by atoms with Crippen LogP contribution in [0, 0.1) is 0 Å². The van der Waals surface area contributed by atoms with Crippen LogP contribution in [0.1, 0.15) is 15.9 Å². The third-order valence-electron chi connectivity index (χ3n) is 4.66. The van der Waals surface area contributed by atoms with Gasteiger partial charge in [0.15, 0.2) is 6.61 Å². The van der Waals surface area contributed by atoms with E-state index in [0.29, 0.717) is 27.6 Å². The van der Waals surface area contributed by atoms with Gasteiger partial charge in [-0.2, -0.15) is 5.10 Å². The predicted molar refractivity (Wildman–Crippen MR) is 128 cm³/mol. The first-order valence-electron chi connectivity index (χ1n) is 10.1. The molecule has 164 valence electrons. The van der Waals surface area contributed by atoms with E-state index >= 15 is 0 Å². The number of ether oxygens (including phenoxy) is 2. The van der Waals surface area contributed by atoms with Crippen molar-refractivity contribution in [3.8, 4) is 11.5 Å². The van der Waals surface area contributed by atoms with E-state index < -0.39 is 11.9 Å². The minimum atomic E-state index is -0.450. The van der Waals surface area contributed by atoms with E-state index in [2.05, 4.69) is 10.5 Å². The lowest BCUT2D eigenvalue weighted by molar-refractivity contribution is -0.123. The molecule has 1 amide bonds. The van der Waals surface area contributed by atoms with Crippen molar-refractivity contribution in [2.24, 2.45) is 5.10 Å². The third kappa shape index (κ3) is 5.96. The van der Waals surface area contributed by atoms with Crippen LogP contribution >= 0.6 is 11.6 Å². The Morgan fingerprint density at radius 1 is 0.879 bits per heavy atom. The van der Waals surface area contributed by atoms with Gasteiger partial charge in [0.1, 0.15) is 11.5 Å². The van der Waals surface area contributed by atoms with Crippen LogP contribution in [0.5, 0.6) is 11.5 Å². The van der Waals surface area contributed by atoms with Gasteiger partial charge in [-0.05, 0) is 58.8 Å². The molecular formula is C26H19ClN2O4. The van der Waals surface area contributed by atoms with Gasteiger partial charge in [0.05, 0.1) is 11.8 Å². The Labute approximate surface area is 195 Å². The summed E-state index contributed by atoms with van der Waals surface area (Å²) >= 11 is 5.81. The van der Waals surface area contributed by atoms with Crippen molar-refractivity contribution in [3.05, 3.63) is 107 Å². The molecule has 0 heterocycles. The van der Waals surface area contributed by atoms with Gasteiger partial charge in [-0.25, -0.2) is 10.2 Å². The van der Waals surface area contributed by atoms with Crippen LogP contribution in [0.4, 0.5) is 0 Å². The summed E-state index contributed by atoms with van der Waals surface area (Å²) in [5, 5.41) is 6.29. The highest BCUT2D eigenvalue weighted by atomic mass is 35.5. The van der Waals surface area contributed by atoms with Crippen LogP contribution in [0.25, 0.3) is 10.8 Å². The van der Waals surface area contributed by atoms with Crippen LogP contribution in [0.2, 0.25) is 5.02 Å². The number of nitrogens with zero attached hydrogens (tertiary/aromatic N) is 1. The van der Waals surface area contributed by atoms with Crippen LogP contribution in [-0.2, 0) is 4.79 Å². The molecule has 0 aromatic heterocycles. The molecule has 1 N–H and O–H groups in total. The Morgan fingerprint density at radius 3 is 2.48 bits per heavy atom. The van der Waals surface area contributed by atoms with Gasteiger partial charge >= 0.3 is 5.97 Å². The fraction of sp³-hybridized carbons (Fsp3) is 0.0385. The summed E-state index contributed by atoms with van der Waals surface area (Å²) in [5.41, 5.74) is 3.53. The Morgan fingerprint density at radius 2 is 1.64 bits per heavy atom. The summed E-state index contributed by atoms with van der Waals surface area (Å²) in [6, 6.07) is 26.7. The van der Waals surface area contributed by atoms with Crippen molar-refractivity contribution in [1.82, 2.24) is 5.43 Å². The van der Waals surface area contributed by atoms with E-state index in [0.717, 1.165) is 10.8 Å². The maximum Gasteiger partial charge on any atom is 0.344 e. The molecule has 0 spiro atoms. The Balaban J connectivity index is 1.34. The van der Waals surface area contributed by atoms with Gasteiger partial charge < -0.3 is 9.47 Å². The Hall–Kier alpha value is -4.16. The van der Waals surface area contributed by atoms with Gasteiger partial charge in [-0.15, -0.1) is 0 Å². The topological polar surface area (TPSA) is 77.0 Å². The molecule has 33 heavy (non-hydrogen) atoms. The molecular weight excluding hydrogens is 440 g/mol. The summed E-state index contributed by atoms with van der Waals surface area (Å²) in [4.78, 5) is 24.6. The lowest BCUT2D eigenvalue weighted by Crippen LogP contribution is -2.24.